The highest BCUT2D eigenvalue weighted by Gasteiger charge is 2.35. The largest absolute Gasteiger partial charge is 0.461 e. The maximum Gasteiger partial charge on any atom is 0.324 e. The molecule has 0 spiro atoms. The predicted molar refractivity (Wildman–Crippen MR) is 116 cm³/mol. The molecule has 1 aromatic heterocycles. The van der Waals surface area contributed by atoms with Crippen molar-refractivity contribution >= 4 is 5.97 Å². The third-order valence-electron chi connectivity index (χ3n) is 7.03. The second-order valence-corrected chi connectivity index (χ2v) is 9.10. The van der Waals surface area contributed by atoms with Gasteiger partial charge in [0.2, 0.25) is 0 Å². The molecule has 2 aliphatic heterocycles. The van der Waals surface area contributed by atoms with Crippen LogP contribution in [0.2, 0.25) is 0 Å². The fraction of sp³-hybridized carbons (Fsp3) is 0.583. The number of hydrogen-bond donors (Lipinski definition) is 1. The molecule has 0 unspecified atom stereocenters. The van der Waals surface area contributed by atoms with Crippen molar-refractivity contribution in [1.29, 1.82) is 0 Å². The molecule has 30 heavy (non-hydrogen) atoms. The first-order chi connectivity index (χ1) is 14.7. The number of esters is 1. The number of nitrogens with zero attached hydrogens (tertiary/aromatic N) is 3. The molecule has 160 valence electrons. The van der Waals surface area contributed by atoms with Gasteiger partial charge in [0, 0.05) is 36.9 Å². The first kappa shape index (κ1) is 19.8. The molecule has 6 heteroatoms. The van der Waals surface area contributed by atoms with Crippen molar-refractivity contribution in [3.05, 3.63) is 47.5 Å². The van der Waals surface area contributed by atoms with E-state index < -0.39 is 0 Å². The number of likely N-dealkylation sites (tertiary alicyclic amines) is 1. The maximum absolute atomic E-state index is 13.3. The van der Waals surface area contributed by atoms with Gasteiger partial charge in [-0.2, -0.15) is 0 Å². The minimum atomic E-state index is -0.294. The minimum Gasteiger partial charge on any atom is -0.461 e. The molecule has 5 rings (SSSR count). The van der Waals surface area contributed by atoms with Crippen LogP contribution in [0.25, 0.3) is 5.69 Å². The number of nitrogens with two attached hydrogens (primary N) is 1. The molecular weight excluding hydrogens is 376 g/mol. The zero-order chi connectivity index (χ0) is 20.5. The van der Waals surface area contributed by atoms with E-state index in [-0.39, 0.29) is 24.2 Å². The normalized spacial score (nSPS) is 23.0. The first-order valence-corrected chi connectivity index (χ1v) is 11.5. The van der Waals surface area contributed by atoms with Crippen molar-refractivity contribution in [2.24, 2.45) is 5.73 Å². The molecule has 0 bridgehead atoms. The number of benzene rings is 1. The van der Waals surface area contributed by atoms with Gasteiger partial charge in [-0.3, -0.25) is 9.69 Å². The average molecular weight is 409 g/mol. The lowest BCUT2D eigenvalue weighted by Crippen LogP contribution is -2.45. The van der Waals surface area contributed by atoms with Gasteiger partial charge in [0.15, 0.2) is 0 Å². The van der Waals surface area contributed by atoms with Gasteiger partial charge in [-0.25, -0.2) is 4.98 Å². The van der Waals surface area contributed by atoms with E-state index in [1.807, 2.05) is 6.33 Å². The van der Waals surface area contributed by atoms with Crippen molar-refractivity contribution in [2.45, 2.75) is 76.0 Å². The van der Waals surface area contributed by atoms with Gasteiger partial charge >= 0.3 is 5.97 Å². The Hall–Kier alpha value is -2.18. The number of aryl methyl sites for hydroxylation is 1. The Morgan fingerprint density at radius 1 is 1.17 bits per heavy atom. The third kappa shape index (κ3) is 3.91. The molecule has 2 aromatic rings. The van der Waals surface area contributed by atoms with E-state index in [1.54, 1.807) is 0 Å². The van der Waals surface area contributed by atoms with Crippen LogP contribution in [0.4, 0.5) is 0 Å². The van der Waals surface area contributed by atoms with Crippen LogP contribution < -0.4 is 5.73 Å². The number of imidazole rings is 1. The van der Waals surface area contributed by atoms with Gasteiger partial charge in [0.05, 0.1) is 12.0 Å². The Morgan fingerprint density at radius 3 is 2.80 bits per heavy atom. The Labute approximate surface area is 178 Å². The summed E-state index contributed by atoms with van der Waals surface area (Å²) in [5.74, 6) is -0.0889. The van der Waals surface area contributed by atoms with Gasteiger partial charge < -0.3 is 15.0 Å². The van der Waals surface area contributed by atoms with E-state index in [1.165, 1.54) is 23.4 Å². The molecule has 1 saturated heterocycles. The van der Waals surface area contributed by atoms with Gasteiger partial charge in [0.1, 0.15) is 12.1 Å². The number of aromatic nitrogens is 2. The average Bonchev–Trinajstić information content (AvgIpc) is 3.38. The number of ether oxygens (including phenoxy) is 1. The van der Waals surface area contributed by atoms with E-state index >= 15 is 0 Å². The molecule has 0 radical (unpaired) electrons. The second-order valence-electron chi connectivity index (χ2n) is 9.10. The highest BCUT2D eigenvalue weighted by atomic mass is 16.5. The number of carbonyl (C=O) groups excluding carboxylic acids is 1. The molecule has 2 fully saturated rings. The van der Waals surface area contributed by atoms with Crippen molar-refractivity contribution in [1.82, 2.24) is 14.5 Å². The zero-order valence-corrected chi connectivity index (χ0v) is 17.6. The summed E-state index contributed by atoms with van der Waals surface area (Å²) in [6.45, 7) is 1.60. The predicted octanol–water partition coefficient (Wildman–Crippen LogP) is 2.79. The molecule has 2 atom stereocenters. The fourth-order valence-electron chi connectivity index (χ4n) is 5.33. The Balaban J connectivity index is 1.38. The van der Waals surface area contributed by atoms with Crippen LogP contribution >= 0.6 is 0 Å². The zero-order valence-electron chi connectivity index (χ0n) is 17.6. The molecular formula is C24H32N4O2. The number of rotatable bonds is 5. The van der Waals surface area contributed by atoms with Crippen molar-refractivity contribution < 1.29 is 9.53 Å². The molecule has 1 aliphatic carbocycles. The van der Waals surface area contributed by atoms with Crippen LogP contribution in [-0.2, 0) is 28.8 Å². The van der Waals surface area contributed by atoms with E-state index in [0.29, 0.717) is 6.42 Å². The Kier molecular flexibility index (Phi) is 5.61. The Morgan fingerprint density at radius 2 is 2.00 bits per heavy atom. The molecule has 6 nitrogen and oxygen atoms in total. The fourth-order valence-corrected chi connectivity index (χ4v) is 5.33. The highest BCUT2D eigenvalue weighted by Crippen LogP contribution is 2.28. The molecule has 0 amide bonds. The lowest BCUT2D eigenvalue weighted by Gasteiger charge is -2.29. The van der Waals surface area contributed by atoms with Gasteiger partial charge in [-0.1, -0.05) is 24.6 Å². The van der Waals surface area contributed by atoms with Crippen molar-refractivity contribution in [3.8, 4) is 5.69 Å². The highest BCUT2D eigenvalue weighted by molar-refractivity contribution is 5.76. The SMILES string of the molecule is N[C@H]1CCN([C@@H](Cc2ncn3c2CCc2ccccc2-3)C(=O)OC2CCCCC2)C1. The maximum atomic E-state index is 13.3. The van der Waals surface area contributed by atoms with Crippen molar-refractivity contribution in [2.75, 3.05) is 13.1 Å². The lowest BCUT2D eigenvalue weighted by atomic mass is 9.97. The molecule has 3 aliphatic rings. The molecule has 1 saturated carbocycles. The Bertz CT molecular complexity index is 902. The summed E-state index contributed by atoms with van der Waals surface area (Å²) < 4.78 is 8.20. The lowest BCUT2D eigenvalue weighted by molar-refractivity contribution is -0.156. The topological polar surface area (TPSA) is 73.4 Å². The van der Waals surface area contributed by atoms with E-state index in [4.69, 9.17) is 15.5 Å². The molecule has 3 heterocycles. The summed E-state index contributed by atoms with van der Waals surface area (Å²) in [4.78, 5) is 20.2. The summed E-state index contributed by atoms with van der Waals surface area (Å²) in [5, 5.41) is 0. The van der Waals surface area contributed by atoms with Gasteiger partial charge in [0.25, 0.3) is 0 Å². The van der Waals surface area contributed by atoms with Crippen LogP contribution in [0.1, 0.15) is 55.5 Å². The molecule has 2 N–H and O–H groups in total. The third-order valence-corrected chi connectivity index (χ3v) is 7.03. The quantitative estimate of drug-likeness (QED) is 0.770. The van der Waals surface area contributed by atoms with E-state index in [2.05, 4.69) is 33.7 Å². The van der Waals surface area contributed by atoms with E-state index in [0.717, 1.165) is 63.7 Å². The summed E-state index contributed by atoms with van der Waals surface area (Å²) >= 11 is 0. The van der Waals surface area contributed by atoms with Crippen molar-refractivity contribution in [3.63, 3.8) is 0 Å². The monoisotopic (exact) mass is 408 g/mol. The summed E-state index contributed by atoms with van der Waals surface area (Å²) in [5.41, 5.74) is 11.0. The second kappa shape index (κ2) is 8.52. The minimum absolute atomic E-state index is 0.0767. The number of fused-ring (bicyclic) bond motifs is 3. The van der Waals surface area contributed by atoms with Crippen LogP contribution in [0, 0.1) is 0 Å². The number of hydrogen-bond acceptors (Lipinski definition) is 5. The summed E-state index contributed by atoms with van der Waals surface area (Å²) in [6.07, 6.45) is 11.1. The first-order valence-electron chi connectivity index (χ1n) is 11.5. The standard InChI is InChI=1S/C24H32N4O2/c25-18-12-13-27(15-18)23(24(29)30-19-7-2-1-3-8-19)14-20-22-11-10-17-6-4-5-9-21(17)28(22)16-26-20/h4-6,9,16,18-19,23H,1-3,7-8,10-15,25H2/t18-,23-/m0/s1. The molecule has 1 aromatic carbocycles. The smallest absolute Gasteiger partial charge is 0.324 e. The van der Waals surface area contributed by atoms with Crippen LogP contribution in [0.3, 0.4) is 0 Å². The summed E-state index contributed by atoms with van der Waals surface area (Å²) in [6, 6.07) is 8.35. The van der Waals surface area contributed by atoms with Gasteiger partial charge in [-0.15, -0.1) is 0 Å². The summed E-state index contributed by atoms with van der Waals surface area (Å²) in [7, 11) is 0. The van der Waals surface area contributed by atoms with Crippen LogP contribution in [-0.4, -0.2) is 51.7 Å². The van der Waals surface area contributed by atoms with Gasteiger partial charge in [-0.05, 0) is 56.6 Å². The van der Waals surface area contributed by atoms with Crippen LogP contribution in [0.15, 0.2) is 30.6 Å². The number of para-hydroxylation sites is 1. The number of carbonyl (C=O) groups is 1. The van der Waals surface area contributed by atoms with E-state index in [9.17, 15) is 4.79 Å². The van der Waals surface area contributed by atoms with Crippen LogP contribution in [0.5, 0.6) is 0 Å².